The second-order valence-electron chi connectivity index (χ2n) is 6.64. The summed E-state index contributed by atoms with van der Waals surface area (Å²) in [4.78, 5) is 10.9. The molecule has 0 fully saturated rings. The molecule has 1 aliphatic carbocycles. The number of rotatable bonds is 4. The third kappa shape index (κ3) is 3.62. The fourth-order valence-corrected chi connectivity index (χ4v) is 3.87. The summed E-state index contributed by atoms with van der Waals surface area (Å²) >= 11 is 0. The number of ether oxygens (including phenoxy) is 1. The number of nitrogens with one attached hydrogen (secondary N) is 1. The zero-order valence-electron chi connectivity index (χ0n) is 15.4. The predicted octanol–water partition coefficient (Wildman–Crippen LogP) is 0.985. The quantitative estimate of drug-likeness (QED) is 0.623. The summed E-state index contributed by atoms with van der Waals surface area (Å²) in [6, 6.07) is 13.1. The van der Waals surface area contributed by atoms with Gasteiger partial charge in [-0.2, -0.15) is 15.8 Å². The van der Waals surface area contributed by atoms with Gasteiger partial charge >= 0.3 is 0 Å². The molecule has 1 aromatic rings. The molecule has 0 spiro atoms. The lowest BCUT2D eigenvalue weighted by Gasteiger charge is -2.42. The highest BCUT2D eigenvalue weighted by molar-refractivity contribution is 5.85. The monoisotopic (exact) mass is 410 g/mol. The van der Waals surface area contributed by atoms with Gasteiger partial charge < -0.3 is 21.5 Å². The second-order valence-corrected chi connectivity index (χ2v) is 6.64. The molecule has 9 heteroatoms. The third-order valence-corrected chi connectivity index (χ3v) is 5.15. The highest BCUT2D eigenvalue weighted by Crippen LogP contribution is 2.52. The molecule has 148 valence electrons. The number of nitrogens with two attached hydrogens (primary N) is 2. The molecular weight excluding hydrogens is 392 g/mol. The van der Waals surface area contributed by atoms with Gasteiger partial charge in [-0.25, -0.2) is 0 Å². The van der Waals surface area contributed by atoms with Crippen molar-refractivity contribution in [2.45, 2.75) is 5.92 Å². The van der Waals surface area contributed by atoms with Gasteiger partial charge in [0.25, 0.3) is 5.91 Å². The van der Waals surface area contributed by atoms with Crippen LogP contribution in [0.1, 0.15) is 11.5 Å². The maximum absolute atomic E-state index is 10.9. The van der Waals surface area contributed by atoms with Crippen molar-refractivity contribution in [3.05, 3.63) is 52.7 Å². The molecule has 2 unspecified atom stereocenters. The first-order valence-corrected chi connectivity index (χ1v) is 8.63. The average molecular weight is 411 g/mol. The summed E-state index contributed by atoms with van der Waals surface area (Å²) in [5.41, 5.74) is 11.3. The molecule has 5 N–H and O–H groups in total. The number of nitrogens with zero attached hydrogens (tertiary/aromatic N) is 3. The molecular formula is C20H19ClN6O2. The van der Waals surface area contributed by atoms with E-state index in [9.17, 15) is 20.6 Å². The van der Waals surface area contributed by atoms with Gasteiger partial charge in [-0.1, -0.05) is 18.2 Å². The van der Waals surface area contributed by atoms with E-state index in [0.29, 0.717) is 24.4 Å². The zero-order valence-corrected chi connectivity index (χ0v) is 16.2. The standard InChI is InChI=1S/C20H18N6O2.ClH/c21-7-14-18(12-1-3-13(4-2-12)28-9-17(24)27)15-8-26-6-5-16(15)20(10-22,11-23)19(14)25;/h1-5,15,18,26H,6,8-9,25H2,(H2,24,27);1H. The number of carbonyl (C=O) groups excluding carboxylic acids is 1. The van der Waals surface area contributed by atoms with Gasteiger partial charge in [-0.3, -0.25) is 4.79 Å². The number of halogens is 1. The number of carbonyl (C=O) groups is 1. The molecule has 3 rings (SSSR count). The van der Waals surface area contributed by atoms with Crippen LogP contribution in [0, 0.1) is 45.3 Å². The maximum atomic E-state index is 10.9. The summed E-state index contributed by atoms with van der Waals surface area (Å²) in [6.45, 7) is 0.810. The number of allylic oxidation sites excluding steroid dienone is 2. The van der Waals surface area contributed by atoms with Gasteiger partial charge in [-0.15, -0.1) is 12.4 Å². The highest BCUT2D eigenvalue weighted by atomic mass is 35.5. The normalized spacial score (nSPS) is 21.9. The molecule has 0 radical (unpaired) electrons. The molecule has 1 heterocycles. The van der Waals surface area contributed by atoms with Gasteiger partial charge in [0.15, 0.2) is 6.61 Å². The number of amides is 1. The van der Waals surface area contributed by atoms with Crippen molar-refractivity contribution in [2.75, 3.05) is 19.7 Å². The summed E-state index contributed by atoms with van der Waals surface area (Å²) in [5, 5.41) is 32.5. The largest absolute Gasteiger partial charge is 0.484 e. The van der Waals surface area contributed by atoms with Gasteiger partial charge in [0.2, 0.25) is 5.41 Å². The van der Waals surface area contributed by atoms with Crippen LogP contribution >= 0.6 is 12.4 Å². The molecule has 1 amide bonds. The van der Waals surface area contributed by atoms with E-state index in [1.807, 2.05) is 18.2 Å². The van der Waals surface area contributed by atoms with Crippen LogP contribution in [-0.2, 0) is 4.79 Å². The fourth-order valence-electron chi connectivity index (χ4n) is 3.87. The molecule has 1 aliphatic heterocycles. The van der Waals surface area contributed by atoms with Crippen LogP contribution in [0.2, 0.25) is 0 Å². The van der Waals surface area contributed by atoms with Gasteiger partial charge in [0, 0.05) is 24.9 Å². The van der Waals surface area contributed by atoms with Crippen LogP contribution in [0.4, 0.5) is 0 Å². The Bertz CT molecular complexity index is 980. The van der Waals surface area contributed by atoms with E-state index in [-0.39, 0.29) is 36.2 Å². The van der Waals surface area contributed by atoms with E-state index < -0.39 is 17.2 Å². The minimum Gasteiger partial charge on any atom is -0.484 e. The van der Waals surface area contributed by atoms with Crippen LogP contribution in [0.15, 0.2) is 47.2 Å². The van der Waals surface area contributed by atoms with Crippen molar-refractivity contribution in [3.63, 3.8) is 0 Å². The Balaban J connectivity index is 0.00000300. The van der Waals surface area contributed by atoms with Crippen molar-refractivity contribution in [1.82, 2.24) is 5.32 Å². The lowest BCUT2D eigenvalue weighted by Crippen LogP contribution is -2.45. The van der Waals surface area contributed by atoms with Crippen LogP contribution in [-0.4, -0.2) is 25.6 Å². The Morgan fingerprint density at radius 2 is 1.90 bits per heavy atom. The summed E-state index contributed by atoms with van der Waals surface area (Å²) in [5.74, 6) is -0.766. The van der Waals surface area contributed by atoms with Crippen LogP contribution < -0.4 is 21.5 Å². The number of fused-ring (bicyclic) bond motifs is 1. The molecule has 29 heavy (non-hydrogen) atoms. The van der Waals surface area contributed by atoms with E-state index in [2.05, 4.69) is 11.4 Å². The van der Waals surface area contributed by atoms with Crippen LogP contribution in [0.5, 0.6) is 5.75 Å². The van der Waals surface area contributed by atoms with Crippen molar-refractivity contribution in [1.29, 1.82) is 15.8 Å². The van der Waals surface area contributed by atoms with E-state index in [4.69, 9.17) is 16.2 Å². The number of nitriles is 3. The number of benzene rings is 1. The Labute approximate surface area is 174 Å². The number of hydrogen-bond acceptors (Lipinski definition) is 7. The molecule has 1 aromatic carbocycles. The highest BCUT2D eigenvalue weighted by Gasteiger charge is 2.51. The third-order valence-electron chi connectivity index (χ3n) is 5.15. The molecule has 2 atom stereocenters. The molecule has 0 bridgehead atoms. The van der Waals surface area contributed by atoms with Crippen LogP contribution in [0.3, 0.4) is 0 Å². The minimum atomic E-state index is -1.63. The second kappa shape index (κ2) is 8.67. The van der Waals surface area contributed by atoms with Crippen molar-refractivity contribution >= 4 is 18.3 Å². The Kier molecular flexibility index (Phi) is 6.51. The topological polar surface area (TPSA) is 162 Å². The first-order valence-electron chi connectivity index (χ1n) is 8.63. The van der Waals surface area contributed by atoms with E-state index in [1.165, 1.54) is 0 Å². The minimum absolute atomic E-state index is 0. The first-order chi connectivity index (χ1) is 13.5. The predicted molar refractivity (Wildman–Crippen MR) is 106 cm³/mol. The smallest absolute Gasteiger partial charge is 0.255 e. The molecule has 8 nitrogen and oxygen atoms in total. The lowest BCUT2D eigenvalue weighted by molar-refractivity contribution is -0.119. The van der Waals surface area contributed by atoms with E-state index >= 15 is 0 Å². The Morgan fingerprint density at radius 3 is 2.45 bits per heavy atom. The van der Waals surface area contributed by atoms with Gasteiger partial charge in [0.1, 0.15) is 5.75 Å². The van der Waals surface area contributed by atoms with Gasteiger partial charge in [-0.05, 0) is 23.3 Å². The lowest BCUT2D eigenvalue weighted by atomic mass is 9.60. The fraction of sp³-hybridized carbons (Fsp3) is 0.300. The van der Waals surface area contributed by atoms with Crippen molar-refractivity contribution in [3.8, 4) is 24.0 Å². The molecule has 0 saturated heterocycles. The molecule has 2 aliphatic rings. The molecule has 0 aromatic heterocycles. The van der Waals surface area contributed by atoms with Gasteiger partial charge in [0.05, 0.1) is 29.5 Å². The molecule has 0 saturated carbocycles. The summed E-state index contributed by atoms with van der Waals surface area (Å²) in [7, 11) is 0. The summed E-state index contributed by atoms with van der Waals surface area (Å²) < 4.78 is 5.27. The van der Waals surface area contributed by atoms with E-state index in [1.54, 1.807) is 24.3 Å². The SMILES string of the molecule is Cl.N#CC1=C(N)C(C#N)(C#N)C2=CCNCC2C1c1ccc(OCC(N)=O)cc1. The van der Waals surface area contributed by atoms with E-state index in [0.717, 1.165) is 5.56 Å². The number of primary amides is 1. The van der Waals surface area contributed by atoms with Crippen LogP contribution in [0.25, 0.3) is 0 Å². The average Bonchev–Trinajstić information content (AvgIpc) is 2.72. The number of hydrogen-bond donors (Lipinski definition) is 3. The Morgan fingerprint density at radius 1 is 1.24 bits per heavy atom. The Hall–Kier alpha value is -3.51. The first kappa shape index (κ1) is 21.8. The maximum Gasteiger partial charge on any atom is 0.255 e. The summed E-state index contributed by atoms with van der Waals surface area (Å²) in [6.07, 6.45) is 1.82. The van der Waals surface area contributed by atoms with Crippen molar-refractivity contribution < 1.29 is 9.53 Å². The zero-order chi connectivity index (χ0) is 20.3. The van der Waals surface area contributed by atoms with Crippen molar-refractivity contribution in [2.24, 2.45) is 22.8 Å².